The van der Waals surface area contributed by atoms with Crippen LogP contribution >= 0.6 is 0 Å². The number of ether oxygens (including phenoxy) is 2. The molecule has 0 radical (unpaired) electrons. The van der Waals surface area contributed by atoms with Crippen molar-refractivity contribution in [2.24, 2.45) is 11.7 Å². The second-order valence-electron chi connectivity index (χ2n) is 5.07. The molecule has 3 rings (SSSR count). The molecule has 1 heterocycles. The van der Waals surface area contributed by atoms with Crippen LogP contribution in [0.4, 0.5) is 0 Å². The molecule has 0 amide bonds. The molecule has 0 saturated heterocycles. The van der Waals surface area contributed by atoms with Crippen molar-refractivity contribution in [2.45, 2.75) is 29.4 Å². The lowest BCUT2D eigenvalue weighted by Crippen LogP contribution is -2.26. The van der Waals surface area contributed by atoms with E-state index in [1.54, 1.807) is 0 Å². The van der Waals surface area contributed by atoms with Gasteiger partial charge in [-0.3, -0.25) is 4.21 Å². The topological polar surface area (TPSA) is 61.6 Å². The average molecular weight is 281 g/mol. The molecule has 3 atom stereocenters. The Kier molecular flexibility index (Phi) is 3.75. The third-order valence-electron chi connectivity index (χ3n) is 3.91. The van der Waals surface area contributed by atoms with Gasteiger partial charge in [0.15, 0.2) is 11.5 Å². The van der Waals surface area contributed by atoms with Crippen molar-refractivity contribution in [3.8, 4) is 11.5 Å². The molecule has 1 aromatic rings. The summed E-state index contributed by atoms with van der Waals surface area (Å²) in [6, 6.07) is 5.60. The van der Waals surface area contributed by atoms with Crippen molar-refractivity contribution >= 4 is 10.8 Å². The van der Waals surface area contributed by atoms with Crippen LogP contribution in [0.1, 0.15) is 19.3 Å². The molecule has 2 N–H and O–H groups in total. The van der Waals surface area contributed by atoms with Gasteiger partial charge in [0.2, 0.25) is 0 Å². The molecular formula is C14H19NO3S. The molecule has 5 heteroatoms. The summed E-state index contributed by atoms with van der Waals surface area (Å²) >= 11 is 0. The molecule has 1 aliphatic carbocycles. The zero-order valence-electron chi connectivity index (χ0n) is 10.8. The second-order valence-corrected chi connectivity index (χ2v) is 6.74. The van der Waals surface area contributed by atoms with Crippen molar-refractivity contribution in [1.82, 2.24) is 0 Å². The summed E-state index contributed by atoms with van der Waals surface area (Å²) in [5, 5.41) is 0.188. The predicted molar refractivity (Wildman–Crippen MR) is 74.0 cm³/mol. The Morgan fingerprint density at radius 3 is 2.79 bits per heavy atom. The van der Waals surface area contributed by atoms with E-state index < -0.39 is 10.8 Å². The quantitative estimate of drug-likeness (QED) is 0.916. The van der Waals surface area contributed by atoms with E-state index in [1.165, 1.54) is 0 Å². The lowest BCUT2D eigenvalue weighted by atomic mass is 10.1. The standard InChI is InChI=1S/C14H19NO3S/c15-9-10-2-1-3-14(10)19(16)11-4-5-12-13(8-11)18-7-6-17-12/h4-5,8,10,14H,1-3,6-7,9,15H2. The molecule has 0 bridgehead atoms. The zero-order valence-corrected chi connectivity index (χ0v) is 11.7. The molecule has 0 spiro atoms. The fraction of sp³-hybridized carbons (Fsp3) is 0.571. The zero-order chi connectivity index (χ0) is 13.2. The summed E-state index contributed by atoms with van der Waals surface area (Å²) in [4.78, 5) is 0.828. The van der Waals surface area contributed by atoms with Crippen LogP contribution in [0.25, 0.3) is 0 Å². The van der Waals surface area contributed by atoms with Gasteiger partial charge in [0, 0.05) is 16.2 Å². The summed E-state index contributed by atoms with van der Waals surface area (Å²) in [6.07, 6.45) is 3.23. The van der Waals surface area contributed by atoms with E-state index >= 15 is 0 Å². The van der Waals surface area contributed by atoms with Crippen LogP contribution in [-0.2, 0) is 10.8 Å². The van der Waals surface area contributed by atoms with Crippen LogP contribution in [-0.4, -0.2) is 29.2 Å². The molecular weight excluding hydrogens is 262 g/mol. The van der Waals surface area contributed by atoms with E-state index in [2.05, 4.69) is 0 Å². The Morgan fingerprint density at radius 1 is 1.21 bits per heavy atom. The molecule has 104 valence electrons. The maximum Gasteiger partial charge on any atom is 0.162 e. The second kappa shape index (κ2) is 5.51. The average Bonchev–Trinajstić information content (AvgIpc) is 2.94. The summed E-state index contributed by atoms with van der Waals surface area (Å²) in [7, 11) is -1.00. The van der Waals surface area contributed by atoms with Gasteiger partial charge >= 0.3 is 0 Å². The van der Waals surface area contributed by atoms with Gasteiger partial charge in [-0.1, -0.05) is 6.42 Å². The molecule has 19 heavy (non-hydrogen) atoms. The van der Waals surface area contributed by atoms with Crippen molar-refractivity contribution in [3.63, 3.8) is 0 Å². The highest BCUT2D eigenvalue weighted by molar-refractivity contribution is 7.85. The smallest absolute Gasteiger partial charge is 0.162 e. The van der Waals surface area contributed by atoms with Crippen LogP contribution in [0, 0.1) is 5.92 Å². The number of hydrogen-bond acceptors (Lipinski definition) is 4. The lowest BCUT2D eigenvalue weighted by Gasteiger charge is -2.21. The maximum atomic E-state index is 12.7. The Hall–Kier alpha value is -1.07. The van der Waals surface area contributed by atoms with Crippen molar-refractivity contribution in [1.29, 1.82) is 0 Å². The molecule has 1 saturated carbocycles. The van der Waals surface area contributed by atoms with Crippen LogP contribution in [0.3, 0.4) is 0 Å². The van der Waals surface area contributed by atoms with Gasteiger partial charge in [-0.15, -0.1) is 0 Å². The van der Waals surface area contributed by atoms with E-state index in [1.807, 2.05) is 18.2 Å². The Labute approximate surface area is 115 Å². The molecule has 1 fully saturated rings. The normalized spacial score (nSPS) is 27.2. The first-order valence-corrected chi connectivity index (χ1v) is 8.01. The molecule has 1 aliphatic heterocycles. The fourth-order valence-corrected chi connectivity index (χ4v) is 4.63. The molecule has 4 nitrogen and oxygen atoms in total. The molecule has 1 aromatic carbocycles. The first-order chi connectivity index (χ1) is 9.29. The third-order valence-corrected chi connectivity index (χ3v) is 5.80. The number of hydrogen-bond donors (Lipinski definition) is 1. The molecule has 2 aliphatic rings. The highest BCUT2D eigenvalue weighted by atomic mass is 32.2. The van der Waals surface area contributed by atoms with Crippen molar-refractivity contribution in [3.05, 3.63) is 18.2 Å². The van der Waals surface area contributed by atoms with Gasteiger partial charge < -0.3 is 15.2 Å². The molecule has 0 aromatic heterocycles. The van der Waals surface area contributed by atoms with Crippen LogP contribution in [0.5, 0.6) is 11.5 Å². The summed E-state index contributed by atoms with van der Waals surface area (Å²) in [6.45, 7) is 1.76. The number of rotatable bonds is 3. The number of benzene rings is 1. The highest BCUT2D eigenvalue weighted by Gasteiger charge is 2.32. The van der Waals surface area contributed by atoms with E-state index in [4.69, 9.17) is 15.2 Å². The van der Waals surface area contributed by atoms with E-state index in [0.717, 1.165) is 29.9 Å². The van der Waals surface area contributed by atoms with E-state index in [0.29, 0.717) is 31.4 Å². The summed E-state index contributed by atoms with van der Waals surface area (Å²) in [5.74, 6) is 1.84. The third kappa shape index (κ3) is 2.49. The van der Waals surface area contributed by atoms with Crippen LogP contribution in [0.15, 0.2) is 23.1 Å². The monoisotopic (exact) mass is 281 g/mol. The lowest BCUT2D eigenvalue weighted by molar-refractivity contribution is 0.171. The maximum absolute atomic E-state index is 12.7. The van der Waals surface area contributed by atoms with Crippen LogP contribution < -0.4 is 15.2 Å². The Balaban J connectivity index is 1.83. The van der Waals surface area contributed by atoms with Gasteiger partial charge in [-0.25, -0.2) is 0 Å². The highest BCUT2D eigenvalue weighted by Crippen LogP contribution is 2.36. The largest absolute Gasteiger partial charge is 0.486 e. The summed E-state index contributed by atoms with van der Waals surface area (Å²) < 4.78 is 23.7. The minimum Gasteiger partial charge on any atom is -0.486 e. The van der Waals surface area contributed by atoms with Gasteiger partial charge in [0.25, 0.3) is 0 Å². The minimum atomic E-state index is -1.00. The van der Waals surface area contributed by atoms with Gasteiger partial charge in [0.05, 0.1) is 10.8 Å². The first-order valence-electron chi connectivity index (χ1n) is 6.80. The predicted octanol–water partition coefficient (Wildman–Crippen LogP) is 1.69. The van der Waals surface area contributed by atoms with Crippen molar-refractivity contribution in [2.75, 3.05) is 19.8 Å². The van der Waals surface area contributed by atoms with E-state index in [-0.39, 0.29) is 5.25 Å². The number of nitrogens with two attached hydrogens (primary N) is 1. The van der Waals surface area contributed by atoms with Crippen molar-refractivity contribution < 1.29 is 13.7 Å². The fourth-order valence-electron chi connectivity index (χ4n) is 2.88. The van der Waals surface area contributed by atoms with Gasteiger partial charge in [-0.05, 0) is 37.4 Å². The van der Waals surface area contributed by atoms with Crippen LogP contribution in [0.2, 0.25) is 0 Å². The SMILES string of the molecule is NCC1CCCC1S(=O)c1ccc2c(c1)OCCO2. The Bertz CT molecular complexity index is 492. The minimum absolute atomic E-state index is 0.188. The first kappa shape index (κ1) is 12.9. The Morgan fingerprint density at radius 2 is 2.00 bits per heavy atom. The molecule has 3 unspecified atom stereocenters. The number of fused-ring (bicyclic) bond motifs is 1. The summed E-state index contributed by atoms with van der Waals surface area (Å²) in [5.41, 5.74) is 5.77. The van der Waals surface area contributed by atoms with Gasteiger partial charge in [-0.2, -0.15) is 0 Å². The van der Waals surface area contributed by atoms with Gasteiger partial charge in [0.1, 0.15) is 13.2 Å². The van der Waals surface area contributed by atoms with E-state index in [9.17, 15) is 4.21 Å².